The lowest BCUT2D eigenvalue weighted by molar-refractivity contribution is 0.202. The number of hydrogen-bond acceptors (Lipinski definition) is 4. The Balaban J connectivity index is 1.80. The Kier molecular flexibility index (Phi) is 3.96. The molecule has 2 aromatic rings. The van der Waals surface area contributed by atoms with Crippen molar-refractivity contribution >= 4 is 5.82 Å². The molecule has 2 unspecified atom stereocenters. The van der Waals surface area contributed by atoms with Crippen LogP contribution in [-0.2, 0) is 12.8 Å². The maximum absolute atomic E-state index is 14.4. The average molecular weight is 301 g/mol. The summed E-state index contributed by atoms with van der Waals surface area (Å²) in [5.74, 6) is 0.916. The van der Waals surface area contributed by atoms with Gasteiger partial charge in [-0.05, 0) is 25.0 Å². The predicted octanol–water partition coefficient (Wildman–Crippen LogP) is 3.01. The van der Waals surface area contributed by atoms with E-state index in [1.54, 1.807) is 0 Å². The molecule has 0 amide bonds. The van der Waals surface area contributed by atoms with Gasteiger partial charge in [0.2, 0.25) is 0 Å². The summed E-state index contributed by atoms with van der Waals surface area (Å²) in [6.07, 6.45) is 2.79. The summed E-state index contributed by atoms with van der Waals surface area (Å²) in [6.45, 7) is 3.92. The van der Waals surface area contributed by atoms with Gasteiger partial charge in [0.05, 0.1) is 11.7 Å². The molecule has 0 fully saturated rings. The quantitative estimate of drug-likeness (QED) is 0.870. The molecule has 3 rings (SSSR count). The minimum atomic E-state index is -0.338. The van der Waals surface area contributed by atoms with Gasteiger partial charge in [0.25, 0.3) is 0 Å². The van der Waals surface area contributed by atoms with Crippen LogP contribution in [0.2, 0.25) is 0 Å². The van der Waals surface area contributed by atoms with Gasteiger partial charge in [-0.1, -0.05) is 25.1 Å². The minimum Gasteiger partial charge on any atom is -0.488 e. The van der Waals surface area contributed by atoms with Crippen molar-refractivity contribution in [2.24, 2.45) is 0 Å². The Morgan fingerprint density at radius 1 is 1.36 bits per heavy atom. The van der Waals surface area contributed by atoms with Crippen LogP contribution >= 0.6 is 0 Å². The number of para-hydroxylation sites is 1. The molecular formula is C17H20FN3O. The van der Waals surface area contributed by atoms with Crippen molar-refractivity contribution in [3.05, 3.63) is 47.7 Å². The van der Waals surface area contributed by atoms with Crippen molar-refractivity contribution in [1.82, 2.24) is 9.97 Å². The van der Waals surface area contributed by atoms with Crippen molar-refractivity contribution in [2.45, 2.75) is 38.8 Å². The van der Waals surface area contributed by atoms with Crippen LogP contribution in [0.4, 0.5) is 10.2 Å². The number of aromatic nitrogens is 2. The number of anilines is 1. The third-order valence-corrected chi connectivity index (χ3v) is 4.33. The summed E-state index contributed by atoms with van der Waals surface area (Å²) in [4.78, 5) is 9.94. The van der Waals surface area contributed by atoms with Gasteiger partial charge in [-0.2, -0.15) is 0 Å². The molecule has 0 N–H and O–H groups in total. The highest BCUT2D eigenvalue weighted by atomic mass is 19.1. The topological polar surface area (TPSA) is 38.2 Å². The number of halogens is 1. The fourth-order valence-electron chi connectivity index (χ4n) is 2.81. The molecule has 0 spiro atoms. The van der Waals surface area contributed by atoms with E-state index in [2.05, 4.69) is 16.0 Å². The van der Waals surface area contributed by atoms with E-state index >= 15 is 0 Å². The van der Waals surface area contributed by atoms with E-state index < -0.39 is 0 Å². The van der Waals surface area contributed by atoms with Crippen LogP contribution in [0.25, 0.3) is 0 Å². The molecule has 1 aliphatic rings. The van der Waals surface area contributed by atoms with E-state index in [4.69, 9.17) is 4.74 Å². The minimum absolute atomic E-state index is 0.00139. The van der Waals surface area contributed by atoms with Gasteiger partial charge in [0, 0.05) is 13.5 Å². The first kappa shape index (κ1) is 14.8. The molecule has 1 aliphatic heterocycles. The lowest BCUT2D eigenvalue weighted by Gasteiger charge is -2.30. The number of hydrogen-bond donors (Lipinski definition) is 0. The average Bonchev–Trinajstić information content (AvgIpc) is 2.97. The molecule has 0 aliphatic carbocycles. The maximum atomic E-state index is 14.4. The van der Waals surface area contributed by atoms with Crippen LogP contribution in [0, 0.1) is 5.82 Å². The first-order valence-electron chi connectivity index (χ1n) is 7.58. The van der Waals surface area contributed by atoms with Crippen LogP contribution in [-0.4, -0.2) is 29.2 Å². The molecule has 0 saturated heterocycles. The van der Waals surface area contributed by atoms with Crippen LogP contribution in [0.15, 0.2) is 30.6 Å². The molecule has 0 saturated carbocycles. The van der Waals surface area contributed by atoms with E-state index in [-0.39, 0.29) is 18.0 Å². The number of rotatable bonds is 4. The first-order valence-corrected chi connectivity index (χ1v) is 7.58. The van der Waals surface area contributed by atoms with Gasteiger partial charge < -0.3 is 9.64 Å². The van der Waals surface area contributed by atoms with Gasteiger partial charge >= 0.3 is 0 Å². The fourth-order valence-corrected chi connectivity index (χ4v) is 2.81. The second kappa shape index (κ2) is 5.91. The summed E-state index contributed by atoms with van der Waals surface area (Å²) < 4.78 is 20.4. The molecule has 2 atom stereocenters. The second-order valence-electron chi connectivity index (χ2n) is 5.63. The van der Waals surface area contributed by atoms with Gasteiger partial charge in [-0.3, -0.25) is 0 Å². The molecule has 22 heavy (non-hydrogen) atoms. The highest BCUT2D eigenvalue weighted by Gasteiger charge is 2.31. The van der Waals surface area contributed by atoms with Crippen molar-refractivity contribution in [2.75, 3.05) is 11.9 Å². The Morgan fingerprint density at radius 2 is 2.14 bits per heavy atom. The van der Waals surface area contributed by atoms with Crippen molar-refractivity contribution in [3.63, 3.8) is 0 Å². The monoisotopic (exact) mass is 301 g/mol. The van der Waals surface area contributed by atoms with Crippen molar-refractivity contribution < 1.29 is 9.13 Å². The lowest BCUT2D eigenvalue weighted by Crippen LogP contribution is -2.42. The zero-order valence-electron chi connectivity index (χ0n) is 13.1. The number of benzene rings is 1. The Morgan fingerprint density at radius 3 is 2.86 bits per heavy atom. The zero-order valence-corrected chi connectivity index (χ0v) is 13.1. The highest BCUT2D eigenvalue weighted by molar-refractivity contribution is 5.43. The largest absolute Gasteiger partial charge is 0.488 e. The molecule has 1 aromatic carbocycles. The SMILES string of the molecule is CCc1ncnc(N(C)C(C)C2Cc3ccccc3O2)c1F. The molecular weight excluding hydrogens is 281 g/mol. The second-order valence-corrected chi connectivity index (χ2v) is 5.63. The van der Waals surface area contributed by atoms with Gasteiger partial charge in [-0.15, -0.1) is 0 Å². The van der Waals surface area contributed by atoms with Crippen LogP contribution in [0.1, 0.15) is 25.1 Å². The van der Waals surface area contributed by atoms with E-state index in [9.17, 15) is 4.39 Å². The number of fused-ring (bicyclic) bond motifs is 1. The summed E-state index contributed by atoms with van der Waals surface area (Å²) in [6, 6.07) is 8.02. The van der Waals surface area contributed by atoms with Crippen molar-refractivity contribution in [3.8, 4) is 5.75 Å². The molecule has 0 bridgehead atoms. The lowest BCUT2D eigenvalue weighted by atomic mass is 10.0. The Bertz CT molecular complexity index is 652. The summed E-state index contributed by atoms with van der Waals surface area (Å²) in [5.41, 5.74) is 1.64. The maximum Gasteiger partial charge on any atom is 0.187 e. The summed E-state index contributed by atoms with van der Waals surface area (Å²) in [5, 5.41) is 0. The third-order valence-electron chi connectivity index (χ3n) is 4.33. The highest BCUT2D eigenvalue weighted by Crippen LogP contribution is 2.31. The molecule has 116 valence electrons. The first-order chi connectivity index (χ1) is 10.6. The zero-order chi connectivity index (χ0) is 15.7. The van der Waals surface area contributed by atoms with Gasteiger partial charge in [0.15, 0.2) is 11.6 Å². The van der Waals surface area contributed by atoms with E-state index in [0.29, 0.717) is 17.9 Å². The van der Waals surface area contributed by atoms with Gasteiger partial charge in [0.1, 0.15) is 18.2 Å². The van der Waals surface area contributed by atoms with Crippen molar-refractivity contribution in [1.29, 1.82) is 0 Å². The molecule has 2 heterocycles. The number of ether oxygens (including phenoxy) is 1. The van der Waals surface area contributed by atoms with E-state index in [0.717, 1.165) is 12.2 Å². The fraction of sp³-hybridized carbons (Fsp3) is 0.412. The van der Waals surface area contributed by atoms with Crippen LogP contribution in [0.5, 0.6) is 5.75 Å². The number of likely N-dealkylation sites (N-methyl/N-ethyl adjacent to an activating group) is 1. The molecule has 1 aromatic heterocycles. The third kappa shape index (κ3) is 2.51. The standard InChI is InChI=1S/C17H20FN3O/c1-4-13-16(18)17(20-10-19-13)21(3)11(2)15-9-12-7-5-6-8-14(12)22-15/h5-8,10-11,15H,4,9H2,1-3H3. The van der Waals surface area contributed by atoms with Gasteiger partial charge in [-0.25, -0.2) is 14.4 Å². The predicted molar refractivity (Wildman–Crippen MR) is 83.8 cm³/mol. The number of nitrogens with zero attached hydrogens (tertiary/aromatic N) is 3. The Hall–Kier alpha value is -2.17. The summed E-state index contributed by atoms with van der Waals surface area (Å²) in [7, 11) is 1.85. The summed E-state index contributed by atoms with van der Waals surface area (Å²) >= 11 is 0. The van der Waals surface area contributed by atoms with E-state index in [1.807, 2.05) is 44.0 Å². The molecule has 0 radical (unpaired) electrons. The van der Waals surface area contributed by atoms with Crippen LogP contribution < -0.4 is 9.64 Å². The Labute approximate surface area is 130 Å². The van der Waals surface area contributed by atoms with E-state index in [1.165, 1.54) is 11.9 Å². The molecule has 5 heteroatoms. The number of aryl methyl sites for hydroxylation is 1. The van der Waals surface area contributed by atoms with Crippen LogP contribution in [0.3, 0.4) is 0 Å². The molecule has 4 nitrogen and oxygen atoms in total. The normalized spacial score (nSPS) is 17.7. The smallest absolute Gasteiger partial charge is 0.187 e.